The molecule has 0 spiro atoms. The Labute approximate surface area is 367 Å². The smallest absolute Gasteiger partial charge is 0.408 e. The number of carbonyl (C=O) groups excluding carboxylic acids is 3. The van der Waals surface area contributed by atoms with Crippen molar-refractivity contribution < 1.29 is 33.3 Å². The molecule has 0 bridgehead atoms. The van der Waals surface area contributed by atoms with E-state index in [1.807, 2.05) is 51.1 Å². The van der Waals surface area contributed by atoms with Crippen LogP contribution in [0.4, 0.5) is 9.59 Å². The van der Waals surface area contributed by atoms with Gasteiger partial charge < -0.3 is 34.9 Å². The van der Waals surface area contributed by atoms with Gasteiger partial charge in [-0.3, -0.25) is 4.79 Å². The van der Waals surface area contributed by atoms with E-state index in [1.54, 1.807) is 0 Å². The zero-order valence-electron chi connectivity index (χ0n) is 39.2. The topological polar surface area (TPSA) is 124 Å². The van der Waals surface area contributed by atoms with Gasteiger partial charge in [-0.15, -0.1) is 0 Å². The van der Waals surface area contributed by atoms with Gasteiger partial charge in [-0.25, -0.2) is 9.59 Å². The fraction of sp³-hybridized carbons (Fsp3) is 0.820. The van der Waals surface area contributed by atoms with E-state index in [1.165, 1.54) is 135 Å². The molecule has 10 heteroatoms. The standard InChI is InChI=1S/C50H91N3O7/c1-6-8-10-12-14-16-18-20-22-24-26-33-39-57-43-45(58-40-34-27-25-23-21-19-17-15-13-11-9-7-2)41-52-47(54)46(37-31-32-38-51-48(55)60-50(3,4)5)53-49(56)59-42-44-35-29-28-30-36-44/h28-30,35-36,45-46H,6-27,31-34,37-43H2,1-5H3,(H,51,55)(H,52,54)(H,53,56)/t45?,46-/m1/s1. The maximum absolute atomic E-state index is 13.6. The van der Waals surface area contributed by atoms with Gasteiger partial charge in [0.1, 0.15) is 18.2 Å². The van der Waals surface area contributed by atoms with Crippen LogP contribution in [0.1, 0.15) is 214 Å². The second-order valence-corrected chi connectivity index (χ2v) is 17.8. The molecule has 0 aliphatic carbocycles. The number of rotatable bonds is 40. The molecule has 0 aliphatic rings. The lowest BCUT2D eigenvalue weighted by Crippen LogP contribution is -2.49. The Morgan fingerprint density at radius 2 is 1.08 bits per heavy atom. The zero-order chi connectivity index (χ0) is 43.8. The zero-order valence-corrected chi connectivity index (χ0v) is 39.2. The molecule has 348 valence electrons. The Bertz CT molecular complexity index is 1150. The van der Waals surface area contributed by atoms with Gasteiger partial charge in [0.05, 0.1) is 12.7 Å². The van der Waals surface area contributed by atoms with Gasteiger partial charge in [-0.1, -0.05) is 185 Å². The van der Waals surface area contributed by atoms with Crippen molar-refractivity contribution in [3.05, 3.63) is 35.9 Å². The van der Waals surface area contributed by atoms with Crippen LogP contribution in [-0.4, -0.2) is 68.8 Å². The van der Waals surface area contributed by atoms with Crippen LogP contribution < -0.4 is 16.0 Å². The van der Waals surface area contributed by atoms with Gasteiger partial charge in [0, 0.05) is 26.3 Å². The summed E-state index contributed by atoms with van der Waals surface area (Å²) in [4.78, 5) is 38.5. The number of carbonyl (C=O) groups is 3. The lowest BCUT2D eigenvalue weighted by molar-refractivity contribution is -0.124. The first-order valence-corrected chi connectivity index (χ1v) is 24.6. The Morgan fingerprint density at radius 3 is 1.60 bits per heavy atom. The largest absolute Gasteiger partial charge is 0.445 e. The van der Waals surface area contributed by atoms with E-state index < -0.39 is 23.8 Å². The molecule has 60 heavy (non-hydrogen) atoms. The Morgan fingerprint density at radius 1 is 0.583 bits per heavy atom. The number of nitrogens with one attached hydrogen (secondary N) is 3. The van der Waals surface area contributed by atoms with Crippen LogP contribution in [0, 0.1) is 0 Å². The third-order valence-corrected chi connectivity index (χ3v) is 10.7. The molecule has 1 aromatic rings. The average molecular weight is 846 g/mol. The van der Waals surface area contributed by atoms with Crippen LogP contribution in [0.2, 0.25) is 0 Å². The van der Waals surface area contributed by atoms with Gasteiger partial charge in [0.15, 0.2) is 0 Å². The van der Waals surface area contributed by atoms with Crippen molar-refractivity contribution in [3.8, 4) is 0 Å². The minimum Gasteiger partial charge on any atom is -0.445 e. The second-order valence-electron chi connectivity index (χ2n) is 17.8. The van der Waals surface area contributed by atoms with E-state index in [-0.39, 0.29) is 25.2 Å². The van der Waals surface area contributed by atoms with Crippen molar-refractivity contribution in [1.29, 1.82) is 0 Å². The molecule has 0 radical (unpaired) electrons. The van der Waals surface area contributed by atoms with Gasteiger partial charge in [-0.05, 0) is 58.4 Å². The first-order chi connectivity index (χ1) is 29.1. The van der Waals surface area contributed by atoms with Crippen molar-refractivity contribution in [3.63, 3.8) is 0 Å². The van der Waals surface area contributed by atoms with Crippen molar-refractivity contribution in [2.24, 2.45) is 0 Å². The molecule has 3 N–H and O–H groups in total. The van der Waals surface area contributed by atoms with Crippen LogP contribution in [-0.2, 0) is 30.3 Å². The van der Waals surface area contributed by atoms with Crippen molar-refractivity contribution >= 4 is 18.1 Å². The van der Waals surface area contributed by atoms with Gasteiger partial charge in [-0.2, -0.15) is 0 Å². The third-order valence-electron chi connectivity index (χ3n) is 10.7. The van der Waals surface area contributed by atoms with Crippen LogP contribution in [0.25, 0.3) is 0 Å². The molecule has 0 fully saturated rings. The predicted octanol–water partition coefficient (Wildman–Crippen LogP) is 12.9. The first kappa shape index (κ1) is 55.2. The molecule has 0 saturated heterocycles. The number of alkyl carbamates (subject to hydrolysis) is 2. The number of amides is 3. The Hall–Kier alpha value is -2.85. The fourth-order valence-electron chi connectivity index (χ4n) is 7.11. The number of ether oxygens (including phenoxy) is 4. The number of unbranched alkanes of at least 4 members (excludes halogenated alkanes) is 23. The molecule has 0 saturated carbocycles. The van der Waals surface area contributed by atoms with E-state index in [0.717, 1.165) is 24.8 Å². The van der Waals surface area contributed by atoms with Crippen LogP contribution in [0.3, 0.4) is 0 Å². The summed E-state index contributed by atoms with van der Waals surface area (Å²) in [6.07, 6.45) is 31.2. The quantitative estimate of drug-likeness (QED) is 0.0562. The summed E-state index contributed by atoms with van der Waals surface area (Å²) in [5.74, 6) is -0.299. The fourth-order valence-corrected chi connectivity index (χ4v) is 7.11. The first-order valence-electron chi connectivity index (χ1n) is 24.6. The Balaban J connectivity index is 2.62. The van der Waals surface area contributed by atoms with Crippen molar-refractivity contribution in [1.82, 2.24) is 16.0 Å². The summed E-state index contributed by atoms with van der Waals surface area (Å²) in [7, 11) is 0. The monoisotopic (exact) mass is 846 g/mol. The molecule has 0 aliphatic heterocycles. The third kappa shape index (κ3) is 35.9. The number of benzene rings is 1. The summed E-state index contributed by atoms with van der Waals surface area (Å²) in [6.45, 7) is 12.5. The molecule has 10 nitrogen and oxygen atoms in total. The second kappa shape index (κ2) is 39.0. The summed E-state index contributed by atoms with van der Waals surface area (Å²) in [5.41, 5.74) is 0.279. The van der Waals surface area contributed by atoms with E-state index in [0.29, 0.717) is 45.6 Å². The van der Waals surface area contributed by atoms with Crippen LogP contribution in [0.15, 0.2) is 30.3 Å². The van der Waals surface area contributed by atoms with Crippen molar-refractivity contribution in [2.45, 2.75) is 232 Å². The lowest BCUT2D eigenvalue weighted by atomic mass is 10.1. The minimum atomic E-state index is -0.811. The predicted molar refractivity (Wildman–Crippen MR) is 247 cm³/mol. The minimum absolute atomic E-state index is 0.104. The van der Waals surface area contributed by atoms with Gasteiger partial charge in [0.25, 0.3) is 0 Å². The Kier molecular flexibility index (Phi) is 35.9. The van der Waals surface area contributed by atoms with E-state index in [4.69, 9.17) is 18.9 Å². The maximum atomic E-state index is 13.6. The highest BCUT2D eigenvalue weighted by atomic mass is 16.6. The molecule has 1 rings (SSSR count). The van der Waals surface area contributed by atoms with Crippen LogP contribution in [0.5, 0.6) is 0 Å². The summed E-state index contributed by atoms with van der Waals surface area (Å²) in [6, 6.07) is 8.63. The average Bonchev–Trinajstić information content (AvgIpc) is 3.22. The number of hydrogen-bond acceptors (Lipinski definition) is 7. The van der Waals surface area contributed by atoms with Gasteiger partial charge in [0.2, 0.25) is 5.91 Å². The summed E-state index contributed by atoms with van der Waals surface area (Å²) < 4.78 is 23.2. The molecular formula is C50H91N3O7. The molecule has 1 aromatic carbocycles. The molecule has 0 aromatic heterocycles. The maximum Gasteiger partial charge on any atom is 0.408 e. The van der Waals surface area contributed by atoms with E-state index in [2.05, 4.69) is 29.8 Å². The highest BCUT2D eigenvalue weighted by Gasteiger charge is 2.23. The molecule has 3 amide bonds. The van der Waals surface area contributed by atoms with E-state index in [9.17, 15) is 14.4 Å². The lowest BCUT2D eigenvalue weighted by Gasteiger charge is -2.22. The van der Waals surface area contributed by atoms with Crippen molar-refractivity contribution in [2.75, 3.05) is 32.9 Å². The van der Waals surface area contributed by atoms with Crippen LogP contribution >= 0.6 is 0 Å². The van der Waals surface area contributed by atoms with Gasteiger partial charge >= 0.3 is 12.2 Å². The molecule has 0 heterocycles. The van der Waals surface area contributed by atoms with E-state index >= 15 is 0 Å². The molecule has 1 unspecified atom stereocenters. The number of hydrogen-bond donors (Lipinski definition) is 3. The summed E-state index contributed by atoms with van der Waals surface area (Å²) >= 11 is 0. The normalized spacial score (nSPS) is 12.5. The SMILES string of the molecule is CCCCCCCCCCCCCCOCC(CNC(=O)[C@@H](CCCCNC(=O)OC(C)(C)C)NC(=O)OCc1ccccc1)OCCCCCCCCCCCCCC. The summed E-state index contributed by atoms with van der Waals surface area (Å²) in [5, 5.41) is 8.58. The molecular weight excluding hydrogens is 755 g/mol. The highest BCUT2D eigenvalue weighted by molar-refractivity contribution is 5.85. The highest BCUT2D eigenvalue weighted by Crippen LogP contribution is 2.14. The molecule has 2 atom stereocenters.